The second kappa shape index (κ2) is 6.54. The highest BCUT2D eigenvalue weighted by Gasteiger charge is 2.43. The Morgan fingerprint density at radius 2 is 2.00 bits per heavy atom. The van der Waals surface area contributed by atoms with Gasteiger partial charge in [0.25, 0.3) is 0 Å². The second-order valence-corrected chi connectivity index (χ2v) is 6.07. The molecule has 0 amide bonds. The first kappa shape index (κ1) is 13.8. The minimum Gasteiger partial charge on any atom is -0.378 e. The van der Waals surface area contributed by atoms with E-state index in [9.17, 15) is 0 Å². The van der Waals surface area contributed by atoms with Crippen molar-refractivity contribution in [3.63, 3.8) is 0 Å². The molecule has 18 heavy (non-hydrogen) atoms. The number of nitrogens with zero attached hydrogens (tertiary/aromatic N) is 1. The van der Waals surface area contributed by atoms with E-state index in [1.165, 1.54) is 44.9 Å². The zero-order valence-electron chi connectivity index (χ0n) is 11.6. The number of nitrogens with one attached hydrogen (secondary N) is 1. The molecule has 0 unspecified atom stereocenters. The molecule has 0 radical (unpaired) electrons. The first-order valence-electron chi connectivity index (χ1n) is 7.50. The van der Waals surface area contributed by atoms with Gasteiger partial charge in [0.2, 0.25) is 0 Å². The Balaban J connectivity index is 1.61. The van der Waals surface area contributed by atoms with Gasteiger partial charge in [-0.3, -0.25) is 0 Å². The van der Waals surface area contributed by atoms with E-state index in [-0.39, 0.29) is 5.41 Å². The Hall–Kier alpha value is -0.590. The molecule has 0 spiro atoms. The molecule has 2 aliphatic rings. The maximum Gasteiger partial charge on any atom is 0.0628 e. The van der Waals surface area contributed by atoms with E-state index in [1.54, 1.807) is 0 Å². The van der Waals surface area contributed by atoms with Crippen molar-refractivity contribution in [2.45, 2.75) is 70.4 Å². The fraction of sp³-hybridized carbons (Fsp3) is 0.933. The molecule has 1 N–H and O–H groups in total. The molecule has 0 bridgehead atoms. The van der Waals surface area contributed by atoms with Crippen LogP contribution in [-0.4, -0.2) is 25.3 Å². The minimum atomic E-state index is 0.242. The van der Waals surface area contributed by atoms with E-state index < -0.39 is 0 Å². The molecule has 0 aromatic heterocycles. The molecular formula is C15H26N2O. The zero-order valence-corrected chi connectivity index (χ0v) is 11.6. The number of hydrogen-bond donors (Lipinski definition) is 1. The summed E-state index contributed by atoms with van der Waals surface area (Å²) in [6, 6.07) is 3.01. The quantitative estimate of drug-likeness (QED) is 0.755. The molecule has 102 valence electrons. The van der Waals surface area contributed by atoms with Crippen LogP contribution < -0.4 is 5.32 Å². The lowest BCUT2D eigenvalue weighted by Crippen LogP contribution is -2.36. The van der Waals surface area contributed by atoms with Crippen LogP contribution >= 0.6 is 0 Å². The van der Waals surface area contributed by atoms with Gasteiger partial charge in [-0.25, -0.2) is 0 Å². The molecule has 3 heteroatoms. The van der Waals surface area contributed by atoms with Gasteiger partial charge in [0, 0.05) is 17.9 Å². The standard InChI is InChI=1S/C15H26N2O/c1-2-11-17-13-3-5-14(6-4-13)18-12-15(7-8-15)9-10-16/h13-14,17H,2-9,11-12H2,1H3. The minimum absolute atomic E-state index is 0.242. The molecule has 0 aromatic carbocycles. The number of nitriles is 1. The highest BCUT2D eigenvalue weighted by molar-refractivity contribution is 4.99. The van der Waals surface area contributed by atoms with Gasteiger partial charge in [0.15, 0.2) is 0 Å². The Bertz CT molecular complexity index is 285. The maximum absolute atomic E-state index is 8.78. The van der Waals surface area contributed by atoms with E-state index in [4.69, 9.17) is 10.00 Å². The van der Waals surface area contributed by atoms with E-state index in [2.05, 4.69) is 18.3 Å². The molecule has 0 atom stereocenters. The van der Waals surface area contributed by atoms with E-state index in [1.807, 2.05) is 0 Å². The normalized spacial score (nSPS) is 29.8. The van der Waals surface area contributed by atoms with Crippen LogP contribution in [0.1, 0.15) is 58.3 Å². The number of rotatable bonds is 7. The molecular weight excluding hydrogens is 224 g/mol. The summed E-state index contributed by atoms with van der Waals surface area (Å²) in [6.45, 7) is 4.17. The van der Waals surface area contributed by atoms with Crippen LogP contribution in [0.2, 0.25) is 0 Å². The van der Waals surface area contributed by atoms with Gasteiger partial charge in [0.1, 0.15) is 0 Å². The zero-order chi connectivity index (χ0) is 12.8. The Kier molecular flexibility index (Phi) is 5.03. The molecule has 0 aliphatic heterocycles. The first-order valence-corrected chi connectivity index (χ1v) is 7.50. The van der Waals surface area contributed by atoms with Crippen LogP contribution in [0.3, 0.4) is 0 Å². The molecule has 2 saturated carbocycles. The van der Waals surface area contributed by atoms with Gasteiger partial charge in [-0.05, 0) is 51.5 Å². The molecule has 2 fully saturated rings. The number of ether oxygens (including phenoxy) is 1. The average molecular weight is 250 g/mol. The summed E-state index contributed by atoms with van der Waals surface area (Å²) < 4.78 is 6.04. The van der Waals surface area contributed by atoms with Crippen molar-refractivity contribution in [2.75, 3.05) is 13.2 Å². The summed E-state index contributed by atoms with van der Waals surface area (Å²) in [5.41, 5.74) is 0.242. The van der Waals surface area contributed by atoms with Gasteiger partial charge in [0.05, 0.1) is 18.8 Å². The van der Waals surface area contributed by atoms with Crippen LogP contribution in [0, 0.1) is 16.7 Å². The lowest BCUT2D eigenvalue weighted by molar-refractivity contribution is -0.00196. The Labute approximate surface area is 111 Å². The van der Waals surface area contributed by atoms with E-state index in [0.717, 1.165) is 13.2 Å². The first-order chi connectivity index (χ1) is 8.78. The largest absolute Gasteiger partial charge is 0.378 e. The molecule has 0 saturated heterocycles. The molecule has 2 aliphatic carbocycles. The Morgan fingerprint density at radius 3 is 2.56 bits per heavy atom. The van der Waals surface area contributed by atoms with Gasteiger partial charge < -0.3 is 10.1 Å². The van der Waals surface area contributed by atoms with Crippen LogP contribution in [0.15, 0.2) is 0 Å². The molecule has 0 aromatic rings. The van der Waals surface area contributed by atoms with E-state index >= 15 is 0 Å². The highest BCUT2D eigenvalue weighted by Crippen LogP contribution is 2.49. The lowest BCUT2D eigenvalue weighted by Gasteiger charge is -2.30. The van der Waals surface area contributed by atoms with Gasteiger partial charge >= 0.3 is 0 Å². The summed E-state index contributed by atoms with van der Waals surface area (Å²) in [6.07, 6.45) is 9.58. The maximum atomic E-state index is 8.78. The van der Waals surface area contributed by atoms with Crippen LogP contribution in [0.25, 0.3) is 0 Å². The van der Waals surface area contributed by atoms with Crippen LogP contribution in [0.5, 0.6) is 0 Å². The lowest BCUT2D eigenvalue weighted by atomic mass is 9.92. The fourth-order valence-electron chi connectivity index (χ4n) is 2.79. The molecule has 0 heterocycles. The summed E-state index contributed by atoms with van der Waals surface area (Å²) in [5, 5.41) is 12.4. The van der Waals surface area contributed by atoms with Crippen molar-refractivity contribution in [3.05, 3.63) is 0 Å². The van der Waals surface area contributed by atoms with Crippen molar-refractivity contribution in [2.24, 2.45) is 5.41 Å². The van der Waals surface area contributed by atoms with Crippen LogP contribution in [-0.2, 0) is 4.74 Å². The van der Waals surface area contributed by atoms with Gasteiger partial charge in [-0.1, -0.05) is 6.92 Å². The Morgan fingerprint density at radius 1 is 1.28 bits per heavy atom. The predicted molar refractivity (Wildman–Crippen MR) is 72.2 cm³/mol. The smallest absolute Gasteiger partial charge is 0.0628 e. The SMILES string of the molecule is CCCNC1CCC(OCC2(CC#N)CC2)CC1. The van der Waals surface area contributed by atoms with Gasteiger partial charge in [-0.2, -0.15) is 5.26 Å². The second-order valence-electron chi connectivity index (χ2n) is 6.07. The van der Waals surface area contributed by atoms with Crippen molar-refractivity contribution < 1.29 is 4.74 Å². The van der Waals surface area contributed by atoms with Crippen molar-refractivity contribution >= 4 is 0 Å². The van der Waals surface area contributed by atoms with Gasteiger partial charge in [-0.15, -0.1) is 0 Å². The summed E-state index contributed by atoms with van der Waals surface area (Å²) in [5.74, 6) is 0. The van der Waals surface area contributed by atoms with Crippen molar-refractivity contribution in [3.8, 4) is 6.07 Å². The molecule has 3 nitrogen and oxygen atoms in total. The van der Waals surface area contributed by atoms with Crippen molar-refractivity contribution in [1.82, 2.24) is 5.32 Å². The predicted octanol–water partition coefficient (Wildman–Crippen LogP) is 3.01. The number of hydrogen-bond acceptors (Lipinski definition) is 3. The third kappa shape index (κ3) is 3.96. The summed E-state index contributed by atoms with van der Waals surface area (Å²) >= 11 is 0. The molecule has 2 rings (SSSR count). The third-order valence-corrected chi connectivity index (χ3v) is 4.39. The third-order valence-electron chi connectivity index (χ3n) is 4.39. The van der Waals surface area contributed by atoms with E-state index in [0.29, 0.717) is 18.6 Å². The fourth-order valence-corrected chi connectivity index (χ4v) is 2.79. The summed E-state index contributed by atoms with van der Waals surface area (Å²) in [4.78, 5) is 0. The highest BCUT2D eigenvalue weighted by atomic mass is 16.5. The van der Waals surface area contributed by atoms with Crippen LogP contribution in [0.4, 0.5) is 0 Å². The topological polar surface area (TPSA) is 45.0 Å². The average Bonchev–Trinajstić information content (AvgIpc) is 3.16. The van der Waals surface area contributed by atoms with Crippen molar-refractivity contribution in [1.29, 1.82) is 5.26 Å². The summed E-state index contributed by atoms with van der Waals surface area (Å²) in [7, 11) is 0. The monoisotopic (exact) mass is 250 g/mol.